The second-order valence-corrected chi connectivity index (χ2v) is 9.32. The molecule has 2 N–H and O–H groups in total. The molecule has 0 aliphatic rings. The number of carbonyl (C=O) groups is 1. The van der Waals surface area contributed by atoms with E-state index in [1.165, 1.54) is 10.8 Å². The van der Waals surface area contributed by atoms with Gasteiger partial charge in [-0.25, -0.2) is 10.2 Å². The number of hydrazone groups is 1. The van der Waals surface area contributed by atoms with Crippen LogP contribution in [0.25, 0.3) is 10.8 Å². The maximum Gasteiger partial charge on any atom is 0.339 e. The van der Waals surface area contributed by atoms with E-state index in [0.29, 0.717) is 30.2 Å². The molecule has 0 spiro atoms. The number of nitrogens with zero attached hydrogens (tertiary/aromatic N) is 1. The summed E-state index contributed by atoms with van der Waals surface area (Å²) in [5.74, 6) is 1.24. The summed E-state index contributed by atoms with van der Waals surface area (Å²) in [6.45, 7) is 6.23. The van der Waals surface area contributed by atoms with Crippen molar-refractivity contribution in [3.63, 3.8) is 0 Å². The third kappa shape index (κ3) is 6.77. The number of nitrogens with one attached hydrogen (secondary N) is 2. The van der Waals surface area contributed by atoms with Crippen LogP contribution < -0.4 is 20.2 Å². The lowest BCUT2D eigenvalue weighted by molar-refractivity contribution is 0.252. The fraction of sp³-hybridized carbons (Fsp3) is 0.133. The van der Waals surface area contributed by atoms with Gasteiger partial charge in [0, 0.05) is 15.7 Å². The molecule has 0 atom stereocenters. The van der Waals surface area contributed by atoms with E-state index in [1.807, 2.05) is 55.5 Å². The minimum absolute atomic E-state index is 0.399. The molecular weight excluding hydrogens is 530 g/mol. The number of urea groups is 1. The fourth-order valence-corrected chi connectivity index (χ4v) is 4.16. The van der Waals surface area contributed by atoms with Crippen molar-refractivity contribution in [2.45, 2.75) is 20.0 Å². The first-order valence-electron chi connectivity index (χ1n) is 11.8. The Morgan fingerprint density at radius 3 is 2.62 bits per heavy atom. The second kappa shape index (κ2) is 12.2. The molecule has 0 aliphatic carbocycles. The predicted octanol–water partition coefficient (Wildman–Crippen LogP) is 7.38. The number of carbonyl (C=O) groups excluding carboxylic acids is 1. The first-order chi connectivity index (χ1) is 18.0. The first kappa shape index (κ1) is 26.0. The van der Waals surface area contributed by atoms with Crippen LogP contribution in [0.4, 0.5) is 10.5 Å². The van der Waals surface area contributed by atoms with Crippen molar-refractivity contribution in [2.75, 3.05) is 12.4 Å². The summed E-state index contributed by atoms with van der Waals surface area (Å²) in [6, 6.07) is 23.4. The largest absolute Gasteiger partial charge is 0.493 e. The SMILES string of the molecule is C=CCc1cc(/C=N/NC(=O)Nc2ccc(Br)c(C)c2)cc(OC)c1OCc1ccc2ccccc2c1. The fourth-order valence-electron chi connectivity index (χ4n) is 3.91. The number of halogens is 1. The van der Waals surface area contributed by atoms with Crippen LogP contribution in [-0.2, 0) is 13.0 Å². The molecule has 4 aromatic rings. The van der Waals surface area contributed by atoms with Crippen LogP contribution in [0, 0.1) is 6.92 Å². The second-order valence-electron chi connectivity index (χ2n) is 8.46. The maximum absolute atomic E-state index is 12.2. The molecule has 0 heterocycles. The van der Waals surface area contributed by atoms with E-state index in [-0.39, 0.29) is 0 Å². The van der Waals surface area contributed by atoms with E-state index < -0.39 is 6.03 Å². The van der Waals surface area contributed by atoms with Crippen LogP contribution in [0.3, 0.4) is 0 Å². The highest BCUT2D eigenvalue weighted by Gasteiger charge is 2.13. The number of ether oxygens (including phenoxy) is 2. The lowest BCUT2D eigenvalue weighted by atomic mass is 10.1. The Bertz CT molecular complexity index is 1470. The third-order valence-electron chi connectivity index (χ3n) is 5.73. The Labute approximate surface area is 225 Å². The van der Waals surface area contributed by atoms with Crippen molar-refractivity contribution in [1.82, 2.24) is 5.43 Å². The Hall–Kier alpha value is -4.10. The number of anilines is 1. The van der Waals surface area contributed by atoms with Gasteiger partial charge in [-0.1, -0.05) is 58.4 Å². The molecule has 0 radical (unpaired) electrons. The molecule has 0 aliphatic heterocycles. The van der Waals surface area contributed by atoms with Crippen LogP contribution in [0.1, 0.15) is 22.3 Å². The summed E-state index contributed by atoms with van der Waals surface area (Å²) < 4.78 is 12.8. The van der Waals surface area contributed by atoms with E-state index in [9.17, 15) is 4.79 Å². The summed E-state index contributed by atoms with van der Waals surface area (Å²) in [7, 11) is 1.60. The van der Waals surface area contributed by atoms with Gasteiger partial charge in [0.25, 0.3) is 0 Å². The van der Waals surface area contributed by atoms with Gasteiger partial charge in [-0.15, -0.1) is 6.58 Å². The first-order valence-corrected chi connectivity index (χ1v) is 12.5. The maximum atomic E-state index is 12.2. The molecule has 0 aromatic heterocycles. The van der Waals surface area contributed by atoms with Gasteiger partial charge in [0.1, 0.15) is 6.61 Å². The highest BCUT2D eigenvalue weighted by atomic mass is 79.9. The molecule has 188 valence electrons. The molecule has 4 aromatic carbocycles. The Morgan fingerprint density at radius 1 is 1.05 bits per heavy atom. The molecule has 37 heavy (non-hydrogen) atoms. The molecule has 7 heteroatoms. The van der Waals surface area contributed by atoms with Gasteiger partial charge in [-0.3, -0.25) is 0 Å². The number of hydrogen-bond acceptors (Lipinski definition) is 4. The highest BCUT2D eigenvalue weighted by molar-refractivity contribution is 9.10. The molecule has 0 saturated heterocycles. The molecule has 2 amide bonds. The predicted molar refractivity (Wildman–Crippen MR) is 154 cm³/mol. The van der Waals surface area contributed by atoms with E-state index in [2.05, 4.69) is 68.7 Å². The van der Waals surface area contributed by atoms with Gasteiger partial charge in [-0.2, -0.15) is 5.10 Å². The Kier molecular flexibility index (Phi) is 8.59. The van der Waals surface area contributed by atoms with Crippen molar-refractivity contribution in [1.29, 1.82) is 0 Å². The topological polar surface area (TPSA) is 72.0 Å². The van der Waals surface area contributed by atoms with Crippen molar-refractivity contribution in [2.24, 2.45) is 5.10 Å². The number of benzene rings is 4. The van der Waals surface area contributed by atoms with Gasteiger partial charge < -0.3 is 14.8 Å². The number of rotatable bonds is 9. The zero-order valence-corrected chi connectivity index (χ0v) is 22.3. The van der Waals surface area contributed by atoms with E-state index >= 15 is 0 Å². The van der Waals surface area contributed by atoms with Gasteiger partial charge in [0.15, 0.2) is 11.5 Å². The van der Waals surface area contributed by atoms with Crippen molar-refractivity contribution < 1.29 is 14.3 Å². The molecule has 6 nitrogen and oxygen atoms in total. The Morgan fingerprint density at radius 2 is 1.86 bits per heavy atom. The van der Waals surface area contributed by atoms with Gasteiger partial charge in [-0.05, 0) is 77.2 Å². The van der Waals surface area contributed by atoms with E-state index in [1.54, 1.807) is 13.3 Å². The molecule has 0 bridgehead atoms. The van der Waals surface area contributed by atoms with Crippen LogP contribution in [0.2, 0.25) is 0 Å². The monoisotopic (exact) mass is 557 g/mol. The lowest BCUT2D eigenvalue weighted by Gasteiger charge is -2.16. The summed E-state index contributed by atoms with van der Waals surface area (Å²) in [6.07, 6.45) is 3.96. The van der Waals surface area contributed by atoms with E-state index in [4.69, 9.17) is 9.47 Å². The normalized spacial score (nSPS) is 10.9. The smallest absolute Gasteiger partial charge is 0.339 e. The molecule has 0 saturated carbocycles. The van der Waals surface area contributed by atoms with Crippen molar-refractivity contribution >= 4 is 44.6 Å². The molecular formula is C30H28BrN3O3. The standard InChI is InChI=1S/C30H28BrN3O3/c1-4-7-25-16-22(18-32-34-30(35)33-26-12-13-27(31)20(2)14-26)17-28(36-3)29(25)37-19-21-10-11-23-8-5-6-9-24(23)15-21/h4-6,8-18H,1,7,19H2,2-3H3,(H2,33,34,35)/b32-18+. The zero-order chi connectivity index (χ0) is 26.2. The summed E-state index contributed by atoms with van der Waals surface area (Å²) >= 11 is 3.45. The van der Waals surface area contributed by atoms with Crippen LogP contribution in [0.5, 0.6) is 11.5 Å². The lowest BCUT2D eigenvalue weighted by Crippen LogP contribution is -2.24. The summed E-state index contributed by atoms with van der Waals surface area (Å²) in [4.78, 5) is 12.2. The highest BCUT2D eigenvalue weighted by Crippen LogP contribution is 2.34. The Balaban J connectivity index is 1.46. The van der Waals surface area contributed by atoms with Crippen molar-refractivity contribution in [3.05, 3.63) is 112 Å². The zero-order valence-electron chi connectivity index (χ0n) is 20.8. The number of aryl methyl sites for hydroxylation is 1. The molecule has 0 unspecified atom stereocenters. The summed E-state index contributed by atoms with van der Waals surface area (Å²) in [5.41, 5.74) is 6.92. The average Bonchev–Trinajstić information content (AvgIpc) is 2.90. The number of amides is 2. The van der Waals surface area contributed by atoms with Crippen LogP contribution in [-0.4, -0.2) is 19.4 Å². The number of hydrogen-bond donors (Lipinski definition) is 2. The van der Waals surface area contributed by atoms with Gasteiger partial charge in [0.2, 0.25) is 0 Å². The van der Waals surface area contributed by atoms with Crippen LogP contribution in [0.15, 0.2) is 95.0 Å². The quantitative estimate of drug-likeness (QED) is 0.128. The van der Waals surface area contributed by atoms with E-state index in [0.717, 1.165) is 26.7 Å². The number of allylic oxidation sites excluding steroid dienone is 1. The van der Waals surface area contributed by atoms with Gasteiger partial charge in [0.05, 0.1) is 13.3 Å². The number of fused-ring (bicyclic) bond motifs is 1. The number of methoxy groups -OCH3 is 1. The third-order valence-corrected chi connectivity index (χ3v) is 6.62. The molecule has 4 rings (SSSR count). The summed E-state index contributed by atoms with van der Waals surface area (Å²) in [5, 5.41) is 9.20. The average molecular weight is 558 g/mol. The minimum Gasteiger partial charge on any atom is -0.493 e. The minimum atomic E-state index is -0.438. The van der Waals surface area contributed by atoms with Crippen molar-refractivity contribution in [3.8, 4) is 11.5 Å². The van der Waals surface area contributed by atoms with Crippen LogP contribution >= 0.6 is 15.9 Å². The molecule has 0 fully saturated rings. The van der Waals surface area contributed by atoms with Gasteiger partial charge >= 0.3 is 6.03 Å².